The summed E-state index contributed by atoms with van der Waals surface area (Å²) in [6.45, 7) is 5.88. The Bertz CT molecular complexity index is 593. The summed E-state index contributed by atoms with van der Waals surface area (Å²) in [4.78, 5) is 17.6. The minimum atomic E-state index is -0.0258. The quantitative estimate of drug-likeness (QED) is 0.864. The molecule has 0 spiro atoms. The molecule has 0 atom stereocenters. The van der Waals surface area contributed by atoms with Gasteiger partial charge in [-0.05, 0) is 31.0 Å². The van der Waals surface area contributed by atoms with E-state index in [-0.39, 0.29) is 5.91 Å². The molecular weight excluding hydrogens is 262 g/mol. The number of nitrogens with zero attached hydrogens (tertiary/aromatic N) is 3. The van der Waals surface area contributed by atoms with Crippen molar-refractivity contribution in [2.75, 3.05) is 4.90 Å². The second-order valence-electron chi connectivity index (χ2n) is 4.50. The van der Waals surface area contributed by atoms with E-state index in [4.69, 9.17) is 11.6 Å². The van der Waals surface area contributed by atoms with E-state index in [0.29, 0.717) is 11.7 Å². The Labute approximate surface area is 117 Å². The first-order valence-electron chi connectivity index (χ1n) is 6.00. The van der Waals surface area contributed by atoms with Crippen molar-refractivity contribution in [2.24, 2.45) is 0 Å². The number of hydrogen-bond acceptors (Lipinski definition) is 2. The highest BCUT2D eigenvalue weighted by Crippen LogP contribution is 2.30. The molecule has 0 saturated heterocycles. The standard InChI is InChI=1S/C14H16ClN3O/c1-10-4-5-13(15)11(2)14(10)18(12(3)19)9-17-7-6-16-8-17/h4-8H,9H2,1-3H3. The van der Waals surface area contributed by atoms with Crippen molar-refractivity contribution in [3.05, 3.63) is 47.0 Å². The van der Waals surface area contributed by atoms with Gasteiger partial charge >= 0.3 is 0 Å². The average molecular weight is 278 g/mol. The van der Waals surface area contributed by atoms with Gasteiger partial charge in [0.05, 0.1) is 12.0 Å². The number of aryl methyl sites for hydroxylation is 1. The Morgan fingerprint density at radius 3 is 2.74 bits per heavy atom. The lowest BCUT2D eigenvalue weighted by atomic mass is 10.1. The number of hydrogen-bond donors (Lipinski definition) is 0. The summed E-state index contributed by atoms with van der Waals surface area (Å²) in [5.41, 5.74) is 2.81. The zero-order chi connectivity index (χ0) is 14.0. The lowest BCUT2D eigenvalue weighted by Gasteiger charge is -2.25. The zero-order valence-electron chi connectivity index (χ0n) is 11.2. The third kappa shape index (κ3) is 2.79. The average Bonchev–Trinajstić information content (AvgIpc) is 2.86. The normalized spacial score (nSPS) is 10.5. The van der Waals surface area contributed by atoms with Crippen LogP contribution in [0.1, 0.15) is 18.1 Å². The van der Waals surface area contributed by atoms with Gasteiger partial charge in [-0.25, -0.2) is 4.98 Å². The maximum atomic E-state index is 11.9. The van der Waals surface area contributed by atoms with E-state index in [9.17, 15) is 4.79 Å². The van der Waals surface area contributed by atoms with Gasteiger partial charge in [0.2, 0.25) is 5.91 Å². The van der Waals surface area contributed by atoms with Crippen LogP contribution < -0.4 is 4.90 Å². The topological polar surface area (TPSA) is 38.1 Å². The fourth-order valence-electron chi connectivity index (χ4n) is 2.09. The summed E-state index contributed by atoms with van der Waals surface area (Å²) in [6, 6.07) is 3.78. The number of aromatic nitrogens is 2. The van der Waals surface area contributed by atoms with Crippen molar-refractivity contribution in [1.29, 1.82) is 0 Å². The summed E-state index contributed by atoms with van der Waals surface area (Å²) in [6.07, 6.45) is 5.20. The van der Waals surface area contributed by atoms with E-state index in [1.54, 1.807) is 24.3 Å². The number of carbonyl (C=O) groups excluding carboxylic acids is 1. The number of benzene rings is 1. The van der Waals surface area contributed by atoms with Crippen LogP contribution in [-0.2, 0) is 11.5 Å². The molecule has 0 aliphatic carbocycles. The van der Waals surface area contributed by atoms with Crippen molar-refractivity contribution >= 4 is 23.2 Å². The number of anilines is 1. The summed E-state index contributed by atoms with van der Waals surface area (Å²) >= 11 is 6.16. The highest BCUT2D eigenvalue weighted by Gasteiger charge is 2.18. The van der Waals surface area contributed by atoms with Crippen molar-refractivity contribution in [1.82, 2.24) is 9.55 Å². The lowest BCUT2D eigenvalue weighted by Crippen LogP contribution is -2.31. The molecule has 2 aromatic rings. The Balaban J connectivity index is 2.45. The Morgan fingerprint density at radius 1 is 1.42 bits per heavy atom. The first kappa shape index (κ1) is 13.6. The maximum absolute atomic E-state index is 11.9. The molecule has 5 heteroatoms. The van der Waals surface area contributed by atoms with Crippen LogP contribution in [0.3, 0.4) is 0 Å². The molecule has 0 aliphatic heterocycles. The largest absolute Gasteiger partial charge is 0.319 e. The molecule has 0 bridgehead atoms. The van der Waals surface area contributed by atoms with Crippen LogP contribution in [0.5, 0.6) is 0 Å². The summed E-state index contributed by atoms with van der Waals surface area (Å²) < 4.78 is 1.85. The van der Waals surface area contributed by atoms with E-state index in [1.165, 1.54) is 0 Å². The van der Waals surface area contributed by atoms with Gasteiger partial charge in [-0.2, -0.15) is 0 Å². The molecule has 0 aliphatic rings. The second-order valence-corrected chi connectivity index (χ2v) is 4.91. The minimum Gasteiger partial charge on any atom is -0.319 e. The van der Waals surface area contributed by atoms with Gasteiger partial charge in [0, 0.05) is 24.3 Å². The van der Waals surface area contributed by atoms with Gasteiger partial charge in [-0.15, -0.1) is 0 Å². The Kier molecular flexibility index (Phi) is 3.90. The monoisotopic (exact) mass is 277 g/mol. The van der Waals surface area contributed by atoms with Gasteiger partial charge in [0.1, 0.15) is 6.67 Å². The Hall–Kier alpha value is -1.81. The molecule has 100 valence electrons. The lowest BCUT2D eigenvalue weighted by molar-refractivity contribution is -0.116. The maximum Gasteiger partial charge on any atom is 0.225 e. The molecule has 1 amide bonds. The van der Waals surface area contributed by atoms with Crippen LogP contribution in [0.15, 0.2) is 30.9 Å². The van der Waals surface area contributed by atoms with Crippen molar-refractivity contribution < 1.29 is 4.79 Å². The smallest absolute Gasteiger partial charge is 0.225 e. The third-order valence-corrected chi connectivity index (χ3v) is 3.49. The molecule has 0 fully saturated rings. The highest BCUT2D eigenvalue weighted by atomic mass is 35.5. The summed E-state index contributed by atoms with van der Waals surface area (Å²) in [5.74, 6) is -0.0258. The molecule has 2 rings (SSSR count). The predicted octanol–water partition coefficient (Wildman–Crippen LogP) is 3.16. The predicted molar refractivity (Wildman–Crippen MR) is 76.3 cm³/mol. The van der Waals surface area contributed by atoms with Gasteiger partial charge < -0.3 is 4.57 Å². The highest BCUT2D eigenvalue weighted by molar-refractivity contribution is 6.31. The van der Waals surface area contributed by atoms with Crippen LogP contribution >= 0.6 is 11.6 Å². The number of amides is 1. The third-order valence-electron chi connectivity index (χ3n) is 3.08. The molecule has 0 unspecified atom stereocenters. The van der Waals surface area contributed by atoms with Crippen molar-refractivity contribution in [3.8, 4) is 0 Å². The first-order valence-corrected chi connectivity index (χ1v) is 6.38. The van der Waals surface area contributed by atoms with Crippen LogP contribution in [-0.4, -0.2) is 15.5 Å². The van der Waals surface area contributed by atoms with Crippen LogP contribution in [0, 0.1) is 13.8 Å². The van der Waals surface area contributed by atoms with Gasteiger partial charge in [-0.1, -0.05) is 17.7 Å². The summed E-state index contributed by atoms with van der Waals surface area (Å²) in [5, 5.41) is 0.664. The van der Waals surface area contributed by atoms with E-state index < -0.39 is 0 Å². The zero-order valence-corrected chi connectivity index (χ0v) is 12.0. The number of rotatable bonds is 3. The van der Waals surface area contributed by atoms with E-state index in [1.807, 2.05) is 36.7 Å². The van der Waals surface area contributed by atoms with Crippen molar-refractivity contribution in [3.63, 3.8) is 0 Å². The molecule has 4 nitrogen and oxygen atoms in total. The molecule has 1 aromatic heterocycles. The number of carbonyl (C=O) groups is 1. The van der Waals surface area contributed by atoms with Gasteiger partial charge in [0.15, 0.2) is 0 Å². The fraction of sp³-hybridized carbons (Fsp3) is 0.286. The second kappa shape index (κ2) is 5.45. The first-order chi connectivity index (χ1) is 9.00. The molecule has 1 heterocycles. The van der Waals surface area contributed by atoms with Crippen LogP contribution in [0.4, 0.5) is 5.69 Å². The van der Waals surface area contributed by atoms with E-state index in [2.05, 4.69) is 4.98 Å². The SMILES string of the molecule is CC(=O)N(Cn1ccnc1)c1c(C)ccc(Cl)c1C. The Morgan fingerprint density at radius 2 is 2.16 bits per heavy atom. The fourth-order valence-corrected chi connectivity index (χ4v) is 2.24. The van der Waals surface area contributed by atoms with Crippen LogP contribution in [0.2, 0.25) is 5.02 Å². The molecule has 1 aromatic carbocycles. The molecule has 19 heavy (non-hydrogen) atoms. The van der Waals surface area contributed by atoms with Crippen LogP contribution in [0.25, 0.3) is 0 Å². The van der Waals surface area contributed by atoms with E-state index >= 15 is 0 Å². The van der Waals surface area contributed by atoms with Gasteiger partial charge in [-0.3, -0.25) is 9.69 Å². The molecule has 0 N–H and O–H groups in total. The number of halogens is 1. The van der Waals surface area contributed by atoms with Gasteiger partial charge in [0.25, 0.3) is 0 Å². The molecule has 0 radical (unpaired) electrons. The van der Waals surface area contributed by atoms with E-state index in [0.717, 1.165) is 16.8 Å². The number of imidazole rings is 1. The molecule has 0 saturated carbocycles. The molecular formula is C14H16ClN3O. The summed E-state index contributed by atoms with van der Waals surface area (Å²) in [7, 11) is 0. The minimum absolute atomic E-state index is 0.0258. The van der Waals surface area contributed by atoms with Crippen molar-refractivity contribution in [2.45, 2.75) is 27.4 Å².